The van der Waals surface area contributed by atoms with Gasteiger partial charge in [0.2, 0.25) is 6.21 Å². The first-order chi connectivity index (χ1) is 7.77. The van der Waals surface area contributed by atoms with E-state index < -0.39 is 0 Å². The maximum Gasteiger partial charge on any atom is 0.218 e. The predicted molar refractivity (Wildman–Crippen MR) is 62.4 cm³/mol. The zero-order chi connectivity index (χ0) is 11.4. The minimum atomic E-state index is -0.216. The number of furan rings is 1. The third-order valence-corrected chi connectivity index (χ3v) is 2.46. The van der Waals surface area contributed by atoms with Crippen molar-refractivity contribution in [1.82, 2.24) is 0 Å². The molecule has 16 heavy (non-hydrogen) atoms. The highest BCUT2D eigenvalue weighted by molar-refractivity contribution is 5.71. The second-order valence-corrected chi connectivity index (χ2v) is 3.59. The lowest BCUT2D eigenvalue weighted by molar-refractivity contribution is -0.498. The van der Waals surface area contributed by atoms with Crippen molar-refractivity contribution in [2.75, 3.05) is 0 Å². The van der Waals surface area contributed by atoms with Crippen LogP contribution < -0.4 is 0 Å². The summed E-state index contributed by atoms with van der Waals surface area (Å²) in [5.41, 5.74) is 0.986. The first-order valence-electron chi connectivity index (χ1n) is 5.16. The molecule has 0 unspecified atom stereocenters. The Morgan fingerprint density at radius 2 is 1.94 bits per heavy atom. The minimum Gasteiger partial charge on any atom is -0.623 e. The number of hydrogen-bond donors (Lipinski definition) is 0. The highest BCUT2D eigenvalue weighted by Crippen LogP contribution is 2.15. The Morgan fingerprint density at radius 1 is 1.19 bits per heavy atom. The van der Waals surface area contributed by atoms with Crippen LogP contribution in [0.4, 0.5) is 0 Å². The summed E-state index contributed by atoms with van der Waals surface area (Å²) in [5.74, 6) is 0.567. The van der Waals surface area contributed by atoms with Gasteiger partial charge in [-0.15, -0.1) is 0 Å². The Hall–Kier alpha value is -2.03. The number of rotatable bonds is 3. The molecule has 3 heteroatoms. The molecule has 0 fully saturated rings. The van der Waals surface area contributed by atoms with Crippen molar-refractivity contribution in [3.05, 3.63) is 65.3 Å². The van der Waals surface area contributed by atoms with Crippen LogP contribution in [0, 0.1) is 5.21 Å². The van der Waals surface area contributed by atoms with Crippen molar-refractivity contribution in [2.24, 2.45) is 0 Å². The van der Waals surface area contributed by atoms with Gasteiger partial charge in [0.05, 0.1) is 6.26 Å². The second-order valence-electron chi connectivity index (χ2n) is 3.59. The molecule has 82 valence electrons. The molecule has 2 rings (SSSR count). The molecule has 0 amide bonds. The van der Waals surface area contributed by atoms with Gasteiger partial charge in [-0.3, -0.25) is 0 Å². The quantitative estimate of drug-likeness (QED) is 0.342. The smallest absolute Gasteiger partial charge is 0.218 e. The van der Waals surface area contributed by atoms with Crippen molar-refractivity contribution in [2.45, 2.75) is 13.0 Å². The molecule has 0 saturated carbocycles. The van der Waals surface area contributed by atoms with Crippen LogP contribution in [-0.2, 0) is 0 Å². The molecule has 3 nitrogen and oxygen atoms in total. The van der Waals surface area contributed by atoms with E-state index in [1.54, 1.807) is 18.4 Å². The Balaban J connectivity index is 2.20. The SMILES string of the molecule is C[C@H](c1ccccc1)[N+]([O-])=Cc1ccco1. The van der Waals surface area contributed by atoms with Gasteiger partial charge >= 0.3 is 0 Å². The maximum absolute atomic E-state index is 11.8. The summed E-state index contributed by atoms with van der Waals surface area (Å²) in [7, 11) is 0. The van der Waals surface area contributed by atoms with Crippen molar-refractivity contribution in [3.8, 4) is 0 Å². The Kier molecular flexibility index (Phi) is 3.05. The van der Waals surface area contributed by atoms with Gasteiger partial charge in [-0.05, 0) is 12.1 Å². The summed E-state index contributed by atoms with van der Waals surface area (Å²) >= 11 is 0. The summed E-state index contributed by atoms with van der Waals surface area (Å²) < 4.78 is 5.99. The molecular formula is C13H13NO2. The molecule has 0 aliphatic carbocycles. The molecule has 0 bridgehead atoms. The zero-order valence-electron chi connectivity index (χ0n) is 9.04. The zero-order valence-corrected chi connectivity index (χ0v) is 9.04. The summed E-state index contributed by atoms with van der Waals surface area (Å²) in [5, 5.41) is 11.8. The lowest BCUT2D eigenvalue weighted by Crippen LogP contribution is -2.11. The van der Waals surface area contributed by atoms with Gasteiger partial charge in [-0.25, -0.2) is 4.74 Å². The highest BCUT2D eigenvalue weighted by atomic mass is 16.5. The highest BCUT2D eigenvalue weighted by Gasteiger charge is 2.11. The lowest BCUT2D eigenvalue weighted by atomic mass is 10.1. The normalized spacial score (nSPS) is 13.7. The molecule has 0 radical (unpaired) electrons. The van der Waals surface area contributed by atoms with Crippen molar-refractivity contribution in [1.29, 1.82) is 0 Å². The van der Waals surface area contributed by atoms with Gasteiger partial charge in [0, 0.05) is 12.5 Å². The molecule has 0 N–H and O–H groups in total. The monoisotopic (exact) mass is 215 g/mol. The molecule has 1 atom stereocenters. The molecule has 0 saturated heterocycles. The summed E-state index contributed by atoms with van der Waals surface area (Å²) in [6.07, 6.45) is 3.00. The lowest BCUT2D eigenvalue weighted by Gasteiger charge is -2.12. The minimum absolute atomic E-state index is 0.216. The fraction of sp³-hybridized carbons (Fsp3) is 0.154. The third kappa shape index (κ3) is 2.31. The number of hydroxylamine groups is 1. The number of nitrogens with zero attached hydrogens (tertiary/aromatic N) is 1. The molecule has 0 aliphatic rings. The number of benzene rings is 1. The molecule has 2 aromatic rings. The van der Waals surface area contributed by atoms with E-state index in [-0.39, 0.29) is 6.04 Å². The first-order valence-corrected chi connectivity index (χ1v) is 5.16. The molecule has 1 heterocycles. The Morgan fingerprint density at radius 3 is 2.56 bits per heavy atom. The van der Waals surface area contributed by atoms with Crippen molar-refractivity contribution >= 4 is 6.21 Å². The van der Waals surface area contributed by atoms with Crippen LogP contribution in [0.2, 0.25) is 0 Å². The first kappa shape index (κ1) is 10.5. The summed E-state index contributed by atoms with van der Waals surface area (Å²) in [4.78, 5) is 0. The van der Waals surface area contributed by atoms with E-state index in [1.165, 1.54) is 6.21 Å². The molecular weight excluding hydrogens is 202 g/mol. The van der Waals surface area contributed by atoms with Crippen LogP contribution in [0.15, 0.2) is 53.1 Å². The van der Waals surface area contributed by atoms with Crippen LogP contribution in [0.1, 0.15) is 24.3 Å². The third-order valence-electron chi connectivity index (χ3n) is 2.46. The molecule has 0 spiro atoms. The van der Waals surface area contributed by atoms with Gasteiger partial charge in [0.1, 0.15) is 0 Å². The van der Waals surface area contributed by atoms with Crippen molar-refractivity contribution < 1.29 is 9.16 Å². The van der Waals surface area contributed by atoms with Crippen LogP contribution in [-0.4, -0.2) is 11.0 Å². The number of hydrogen-bond acceptors (Lipinski definition) is 2. The summed E-state index contributed by atoms with van der Waals surface area (Å²) in [6, 6.07) is 12.9. The summed E-state index contributed by atoms with van der Waals surface area (Å²) in [6.45, 7) is 1.86. The van der Waals surface area contributed by atoms with Gasteiger partial charge in [0.25, 0.3) is 0 Å². The largest absolute Gasteiger partial charge is 0.623 e. The predicted octanol–water partition coefficient (Wildman–Crippen LogP) is 2.97. The molecule has 0 aliphatic heterocycles. The second kappa shape index (κ2) is 4.66. The van der Waals surface area contributed by atoms with Crippen LogP contribution in [0.3, 0.4) is 0 Å². The van der Waals surface area contributed by atoms with Gasteiger partial charge in [-0.2, -0.15) is 0 Å². The van der Waals surface area contributed by atoms with Crippen LogP contribution in [0.5, 0.6) is 0 Å². The Bertz CT molecular complexity index is 460. The fourth-order valence-electron chi connectivity index (χ4n) is 1.48. The van der Waals surface area contributed by atoms with Crippen LogP contribution in [0.25, 0.3) is 0 Å². The van der Waals surface area contributed by atoms with E-state index in [9.17, 15) is 5.21 Å². The van der Waals surface area contributed by atoms with E-state index in [0.717, 1.165) is 10.3 Å². The average Bonchev–Trinajstić information content (AvgIpc) is 2.82. The van der Waals surface area contributed by atoms with Gasteiger partial charge in [0.15, 0.2) is 11.8 Å². The van der Waals surface area contributed by atoms with Gasteiger partial charge < -0.3 is 9.62 Å². The topological polar surface area (TPSA) is 39.2 Å². The van der Waals surface area contributed by atoms with Crippen molar-refractivity contribution in [3.63, 3.8) is 0 Å². The molecule has 1 aromatic carbocycles. The average molecular weight is 215 g/mol. The Labute approximate surface area is 94.2 Å². The van der Waals surface area contributed by atoms with E-state index in [2.05, 4.69) is 0 Å². The van der Waals surface area contributed by atoms with E-state index in [1.807, 2.05) is 37.3 Å². The fourth-order valence-corrected chi connectivity index (χ4v) is 1.48. The standard InChI is InChI=1S/C13H13NO2/c1-11(12-6-3-2-4-7-12)14(15)10-13-8-5-9-16-13/h2-11H,1H3/t11-/m1/s1. The van der Waals surface area contributed by atoms with Crippen LogP contribution >= 0.6 is 0 Å². The van der Waals surface area contributed by atoms with E-state index >= 15 is 0 Å². The van der Waals surface area contributed by atoms with E-state index in [4.69, 9.17) is 4.42 Å². The van der Waals surface area contributed by atoms with Gasteiger partial charge in [-0.1, -0.05) is 30.3 Å². The maximum atomic E-state index is 11.8. The van der Waals surface area contributed by atoms with E-state index in [0.29, 0.717) is 5.76 Å². The molecule has 1 aromatic heterocycles.